The van der Waals surface area contributed by atoms with Gasteiger partial charge in [0.15, 0.2) is 19.0 Å². The summed E-state index contributed by atoms with van der Waals surface area (Å²) in [5, 5.41) is 2.87. The van der Waals surface area contributed by atoms with Crippen molar-refractivity contribution in [3.63, 3.8) is 0 Å². The van der Waals surface area contributed by atoms with Crippen molar-refractivity contribution in [3.05, 3.63) is 53.1 Å². The smallest absolute Gasteiger partial charge is 0.265 e. The highest BCUT2D eigenvalue weighted by molar-refractivity contribution is 6.05. The van der Waals surface area contributed by atoms with Crippen LogP contribution in [0.1, 0.15) is 41.3 Å². The largest absolute Gasteiger partial charge is 0.485 e. The third-order valence-corrected chi connectivity index (χ3v) is 6.37. The van der Waals surface area contributed by atoms with E-state index in [9.17, 15) is 14.4 Å². The molecule has 2 aromatic rings. The van der Waals surface area contributed by atoms with Gasteiger partial charge >= 0.3 is 0 Å². The second kappa shape index (κ2) is 10.3. The van der Waals surface area contributed by atoms with Gasteiger partial charge in [-0.15, -0.1) is 0 Å². The predicted octanol–water partition coefficient (Wildman–Crippen LogP) is 2.97. The lowest BCUT2D eigenvalue weighted by atomic mass is 10.1. The van der Waals surface area contributed by atoms with Gasteiger partial charge in [0.2, 0.25) is 5.91 Å². The lowest BCUT2D eigenvalue weighted by Crippen LogP contribution is -2.52. The highest BCUT2D eigenvalue weighted by atomic mass is 16.5. The van der Waals surface area contributed by atoms with Crippen LogP contribution in [-0.2, 0) is 14.3 Å². The van der Waals surface area contributed by atoms with Crippen LogP contribution < -0.4 is 19.7 Å². The van der Waals surface area contributed by atoms with E-state index in [0.717, 1.165) is 24.0 Å². The Bertz CT molecular complexity index is 1090. The highest BCUT2D eigenvalue weighted by Gasteiger charge is 2.34. The van der Waals surface area contributed by atoms with E-state index in [4.69, 9.17) is 14.2 Å². The second-order valence-electron chi connectivity index (χ2n) is 8.70. The Balaban J connectivity index is 1.48. The number of ketones is 1. The van der Waals surface area contributed by atoms with Crippen LogP contribution >= 0.6 is 0 Å². The van der Waals surface area contributed by atoms with E-state index in [1.165, 1.54) is 4.90 Å². The first-order valence-corrected chi connectivity index (χ1v) is 11.6. The molecule has 8 nitrogen and oxygen atoms in total. The van der Waals surface area contributed by atoms with Crippen LogP contribution in [0.2, 0.25) is 0 Å². The monoisotopic (exact) mass is 466 g/mol. The van der Waals surface area contributed by atoms with Gasteiger partial charge < -0.3 is 19.5 Å². The summed E-state index contributed by atoms with van der Waals surface area (Å²) in [6.45, 7) is 6.39. The van der Waals surface area contributed by atoms with E-state index in [1.807, 2.05) is 32.0 Å². The molecule has 4 rings (SSSR count). The van der Waals surface area contributed by atoms with E-state index in [-0.39, 0.29) is 36.9 Å². The first-order valence-electron chi connectivity index (χ1n) is 11.6. The summed E-state index contributed by atoms with van der Waals surface area (Å²) in [6, 6.07) is 9.80. The number of carbonyl (C=O) groups is 3. The lowest BCUT2D eigenvalue weighted by Gasteiger charge is -2.33. The maximum absolute atomic E-state index is 12.9. The van der Waals surface area contributed by atoms with Crippen LogP contribution in [0.5, 0.6) is 11.5 Å². The maximum Gasteiger partial charge on any atom is 0.265 e. The average molecular weight is 467 g/mol. The molecule has 2 heterocycles. The fourth-order valence-electron chi connectivity index (χ4n) is 4.16. The van der Waals surface area contributed by atoms with E-state index >= 15 is 0 Å². The minimum Gasteiger partial charge on any atom is -0.485 e. The Morgan fingerprint density at radius 1 is 1.24 bits per heavy atom. The normalized spacial score (nSPS) is 18.1. The highest BCUT2D eigenvalue weighted by Crippen LogP contribution is 2.34. The summed E-state index contributed by atoms with van der Waals surface area (Å²) in [5.41, 5.74) is 2.83. The molecule has 2 atom stereocenters. The van der Waals surface area contributed by atoms with Gasteiger partial charge in [-0.25, -0.2) is 0 Å². The molecular weight excluding hydrogens is 436 g/mol. The molecule has 0 radical (unpaired) electrons. The van der Waals surface area contributed by atoms with Gasteiger partial charge in [-0.05, 0) is 69.0 Å². The summed E-state index contributed by atoms with van der Waals surface area (Å²) in [6.07, 6.45) is 1.89. The van der Waals surface area contributed by atoms with E-state index < -0.39 is 6.04 Å². The summed E-state index contributed by atoms with van der Waals surface area (Å²) in [7, 11) is 0. The molecule has 0 bridgehead atoms. The summed E-state index contributed by atoms with van der Waals surface area (Å²) in [4.78, 5) is 39.8. The number of nitrogens with one attached hydrogen (secondary N) is 1. The van der Waals surface area contributed by atoms with Crippen LogP contribution in [-0.4, -0.2) is 56.1 Å². The van der Waals surface area contributed by atoms with Crippen molar-refractivity contribution in [3.8, 4) is 11.5 Å². The van der Waals surface area contributed by atoms with Crippen LogP contribution in [0.15, 0.2) is 36.4 Å². The van der Waals surface area contributed by atoms with Crippen molar-refractivity contribution in [1.82, 2.24) is 5.32 Å². The fourth-order valence-corrected chi connectivity index (χ4v) is 4.16. The average Bonchev–Trinajstić information content (AvgIpc) is 3.36. The number of hydrogen-bond donors (Lipinski definition) is 1. The van der Waals surface area contributed by atoms with Gasteiger partial charge in [0.1, 0.15) is 17.5 Å². The molecule has 0 aromatic heterocycles. The van der Waals surface area contributed by atoms with Gasteiger partial charge in [0.05, 0.1) is 11.8 Å². The third kappa shape index (κ3) is 5.07. The first kappa shape index (κ1) is 23.8. The van der Waals surface area contributed by atoms with Crippen molar-refractivity contribution >= 4 is 23.3 Å². The molecule has 1 fully saturated rings. The number of carbonyl (C=O) groups excluding carboxylic acids is 3. The molecule has 8 heteroatoms. The molecule has 34 heavy (non-hydrogen) atoms. The number of benzene rings is 2. The molecule has 0 unspecified atom stereocenters. The van der Waals surface area contributed by atoms with Gasteiger partial charge in [-0.1, -0.05) is 12.1 Å². The number of fused-ring (bicyclic) bond motifs is 1. The summed E-state index contributed by atoms with van der Waals surface area (Å²) in [5.74, 6) is 0.237. The zero-order valence-corrected chi connectivity index (χ0v) is 19.8. The molecule has 2 aliphatic rings. The molecule has 2 amide bonds. The van der Waals surface area contributed by atoms with E-state index in [2.05, 4.69) is 5.32 Å². The number of anilines is 1. The number of aryl methyl sites for hydroxylation is 1. The quantitative estimate of drug-likeness (QED) is 0.601. The molecule has 0 aliphatic carbocycles. The molecular formula is C26H30N2O6. The minimum absolute atomic E-state index is 0.00471. The summed E-state index contributed by atoms with van der Waals surface area (Å²) < 4.78 is 16.9. The zero-order valence-electron chi connectivity index (χ0n) is 19.8. The van der Waals surface area contributed by atoms with Crippen molar-refractivity contribution in [2.24, 2.45) is 0 Å². The van der Waals surface area contributed by atoms with Gasteiger partial charge in [-0.3, -0.25) is 19.3 Å². The molecule has 0 spiro atoms. The zero-order chi connectivity index (χ0) is 24.2. The Labute approximate surface area is 199 Å². The lowest BCUT2D eigenvalue weighted by molar-refractivity contribution is -0.127. The van der Waals surface area contributed by atoms with Crippen LogP contribution in [0.25, 0.3) is 0 Å². The Hall–Kier alpha value is -3.39. The van der Waals surface area contributed by atoms with Crippen LogP contribution in [0, 0.1) is 13.8 Å². The Morgan fingerprint density at radius 3 is 2.82 bits per heavy atom. The van der Waals surface area contributed by atoms with E-state index in [1.54, 1.807) is 25.1 Å². The van der Waals surface area contributed by atoms with E-state index in [0.29, 0.717) is 35.9 Å². The SMILES string of the molecule is Cc1cccc(OCC(=O)c2ccc3c(c2)N([C@@H](C)C(=O)NC[C@@H]2CCCO2)C(=O)CO3)c1C. The number of amides is 2. The fraction of sp³-hybridized carbons (Fsp3) is 0.423. The predicted molar refractivity (Wildman–Crippen MR) is 127 cm³/mol. The molecule has 180 valence electrons. The molecule has 0 saturated carbocycles. The first-order chi connectivity index (χ1) is 16.3. The van der Waals surface area contributed by atoms with Gasteiger partial charge in [0.25, 0.3) is 5.91 Å². The van der Waals surface area contributed by atoms with Crippen molar-refractivity contribution < 1.29 is 28.6 Å². The van der Waals surface area contributed by atoms with Crippen molar-refractivity contribution in [2.45, 2.75) is 45.8 Å². The van der Waals surface area contributed by atoms with Crippen LogP contribution in [0.3, 0.4) is 0 Å². The maximum atomic E-state index is 12.9. The minimum atomic E-state index is -0.770. The second-order valence-corrected chi connectivity index (χ2v) is 8.70. The number of rotatable bonds is 8. The number of nitrogens with zero attached hydrogens (tertiary/aromatic N) is 1. The molecule has 1 N–H and O–H groups in total. The number of hydrogen-bond acceptors (Lipinski definition) is 6. The Morgan fingerprint density at radius 2 is 2.06 bits per heavy atom. The molecule has 1 saturated heterocycles. The standard InChI is InChI=1S/C26H30N2O6/c1-16-6-4-8-23(17(16)2)33-14-22(29)19-9-10-24-21(12-19)28(25(30)15-34-24)18(3)26(31)27-13-20-7-5-11-32-20/h4,6,8-10,12,18,20H,5,7,11,13-15H2,1-3H3,(H,27,31)/t18-,20-/m0/s1. The molecule has 2 aromatic carbocycles. The molecule has 2 aliphatic heterocycles. The number of ether oxygens (including phenoxy) is 3. The van der Waals surface area contributed by atoms with Crippen molar-refractivity contribution in [1.29, 1.82) is 0 Å². The Kier molecular flexibility index (Phi) is 7.17. The van der Waals surface area contributed by atoms with Crippen LogP contribution in [0.4, 0.5) is 5.69 Å². The topological polar surface area (TPSA) is 94.2 Å². The third-order valence-electron chi connectivity index (χ3n) is 6.37. The summed E-state index contributed by atoms with van der Waals surface area (Å²) >= 11 is 0. The number of Topliss-reactive ketones (excluding diaryl/α,β-unsaturated/α-hetero) is 1. The van der Waals surface area contributed by atoms with Crippen molar-refractivity contribution in [2.75, 3.05) is 31.3 Å². The van der Waals surface area contributed by atoms with Gasteiger partial charge in [0, 0.05) is 18.7 Å². The van der Waals surface area contributed by atoms with Gasteiger partial charge in [-0.2, -0.15) is 0 Å².